The van der Waals surface area contributed by atoms with Crippen LogP contribution in [0.4, 0.5) is 44.9 Å². The quantitative estimate of drug-likeness (QED) is 0.114. The van der Waals surface area contributed by atoms with Gasteiger partial charge in [0, 0.05) is 24.2 Å². The highest BCUT2D eigenvalue weighted by Crippen LogP contribution is 2.45. The Morgan fingerprint density at radius 3 is 1.76 bits per heavy atom. The molecule has 268 valence electrons. The van der Waals surface area contributed by atoms with Crippen molar-refractivity contribution < 1.29 is 46.6 Å². The number of anilines is 3. The van der Waals surface area contributed by atoms with Crippen molar-refractivity contribution in [3.8, 4) is 5.75 Å². The zero-order chi connectivity index (χ0) is 36.5. The molecule has 0 bridgehead atoms. The Morgan fingerprint density at radius 2 is 1.32 bits per heavy atom. The van der Waals surface area contributed by atoms with E-state index in [0.717, 1.165) is 29.9 Å². The summed E-state index contributed by atoms with van der Waals surface area (Å²) in [5.74, 6) is -2.54. The molecule has 1 aromatic carbocycles. The first-order chi connectivity index (χ1) is 23.8. The fourth-order valence-corrected chi connectivity index (χ4v) is 5.55. The van der Waals surface area contributed by atoms with E-state index in [4.69, 9.17) is 9.47 Å². The molecule has 2 aromatic heterocycles. The predicted molar refractivity (Wildman–Crippen MR) is 177 cm³/mol. The summed E-state index contributed by atoms with van der Waals surface area (Å²) >= 11 is 0. The minimum absolute atomic E-state index is 0.00196. The lowest BCUT2D eigenvalue weighted by atomic mass is 9.70. The van der Waals surface area contributed by atoms with Crippen molar-refractivity contribution in [3.63, 3.8) is 0 Å². The summed E-state index contributed by atoms with van der Waals surface area (Å²) in [5, 5.41) is 8.01. The third-order valence-electron chi connectivity index (χ3n) is 8.26. The summed E-state index contributed by atoms with van der Waals surface area (Å²) in [4.78, 5) is 62.2. The van der Waals surface area contributed by atoms with E-state index in [2.05, 4.69) is 30.7 Å². The fraction of sp³-hybridized carbons (Fsp3) is 0.412. The number of ether oxygens (including phenoxy) is 3. The molecule has 1 fully saturated rings. The van der Waals surface area contributed by atoms with Gasteiger partial charge in [-0.1, -0.05) is 40.5 Å². The fourth-order valence-electron chi connectivity index (χ4n) is 5.55. The van der Waals surface area contributed by atoms with Gasteiger partial charge in [-0.05, 0) is 72.5 Å². The average Bonchev–Trinajstić information content (AvgIpc) is 3.34. The van der Waals surface area contributed by atoms with Crippen LogP contribution in [0.1, 0.15) is 76.3 Å². The highest BCUT2D eigenvalue weighted by atomic mass is 19.4. The molecule has 2 atom stereocenters. The summed E-state index contributed by atoms with van der Waals surface area (Å²) in [5.41, 5.74) is -0.695. The zero-order valence-corrected chi connectivity index (χ0v) is 28.0. The smallest absolute Gasteiger partial charge is 0.449 e. The van der Waals surface area contributed by atoms with Crippen LogP contribution in [0.3, 0.4) is 0 Å². The van der Waals surface area contributed by atoms with Gasteiger partial charge in [-0.3, -0.25) is 15.4 Å². The summed E-state index contributed by atoms with van der Waals surface area (Å²) in [7, 11) is 0. The molecule has 3 heterocycles. The number of carbonyl (C=O) groups excluding carboxylic acids is 4. The van der Waals surface area contributed by atoms with Gasteiger partial charge in [0.25, 0.3) is 5.91 Å². The van der Waals surface area contributed by atoms with Gasteiger partial charge in [0.15, 0.2) is 0 Å². The van der Waals surface area contributed by atoms with E-state index >= 15 is 0 Å². The van der Waals surface area contributed by atoms with E-state index in [1.807, 2.05) is 13.8 Å². The van der Waals surface area contributed by atoms with E-state index < -0.39 is 53.6 Å². The number of benzene rings is 1. The first-order valence-electron chi connectivity index (χ1n) is 16.1. The molecule has 3 N–H and O–H groups in total. The number of unbranched alkanes of at least 4 members (excludes halogenated alkanes) is 2. The Balaban J connectivity index is 1.72. The highest BCUT2D eigenvalue weighted by Gasteiger charge is 2.58. The molecule has 0 radical (unpaired) electrons. The summed E-state index contributed by atoms with van der Waals surface area (Å²) < 4.78 is 52.6. The van der Waals surface area contributed by atoms with Crippen LogP contribution in [0, 0.1) is 0 Å². The number of hydrogen-bond donors (Lipinski definition) is 3. The number of nitrogens with zero attached hydrogens (tertiary/aromatic N) is 3. The molecule has 5 amide bonds. The van der Waals surface area contributed by atoms with Gasteiger partial charge >= 0.3 is 24.6 Å². The molecule has 4 rings (SSSR count). The van der Waals surface area contributed by atoms with Crippen molar-refractivity contribution in [1.29, 1.82) is 0 Å². The molecular formula is C34H39F3N6O7. The molecule has 1 aliphatic rings. The van der Waals surface area contributed by atoms with E-state index in [0.29, 0.717) is 24.0 Å². The van der Waals surface area contributed by atoms with Gasteiger partial charge in [-0.2, -0.15) is 0 Å². The molecule has 1 aliphatic heterocycles. The van der Waals surface area contributed by atoms with Crippen molar-refractivity contribution >= 4 is 41.4 Å². The van der Waals surface area contributed by atoms with Gasteiger partial charge in [-0.15, -0.1) is 13.2 Å². The predicted octanol–water partition coefficient (Wildman–Crippen LogP) is 7.47. The largest absolute Gasteiger partial charge is 0.573 e. The SMILES string of the molecule is CCCCOC(=O)Nc1cc(C(C)C2(C(C)c3ccnc(NC(=O)OCCCC)c3)NC(=O)N(c3ccc(OC(F)(F)F)cc3)C2=O)ccn1. The van der Waals surface area contributed by atoms with Crippen molar-refractivity contribution in [3.05, 3.63) is 72.1 Å². The number of urea groups is 1. The molecule has 3 aromatic rings. The number of pyridine rings is 2. The second-order valence-corrected chi connectivity index (χ2v) is 11.6. The average molecular weight is 701 g/mol. The lowest BCUT2D eigenvalue weighted by Gasteiger charge is -2.39. The number of imide groups is 1. The van der Waals surface area contributed by atoms with Gasteiger partial charge in [-0.25, -0.2) is 29.3 Å². The van der Waals surface area contributed by atoms with Crippen LogP contribution in [0.2, 0.25) is 0 Å². The van der Waals surface area contributed by atoms with Crippen LogP contribution in [0.15, 0.2) is 60.9 Å². The second-order valence-electron chi connectivity index (χ2n) is 11.6. The molecular weight excluding hydrogens is 661 g/mol. The number of aromatic nitrogens is 2. The number of nitrogens with one attached hydrogen (secondary N) is 3. The first-order valence-corrected chi connectivity index (χ1v) is 16.1. The van der Waals surface area contributed by atoms with Crippen LogP contribution in [0.25, 0.3) is 0 Å². The minimum atomic E-state index is -4.93. The summed E-state index contributed by atoms with van der Waals surface area (Å²) in [6.45, 7) is 7.77. The summed E-state index contributed by atoms with van der Waals surface area (Å²) in [6, 6.07) is 9.87. The zero-order valence-electron chi connectivity index (χ0n) is 28.0. The molecule has 13 nitrogen and oxygen atoms in total. The maximum Gasteiger partial charge on any atom is 0.573 e. The van der Waals surface area contributed by atoms with Crippen LogP contribution in [0.5, 0.6) is 5.75 Å². The Morgan fingerprint density at radius 1 is 0.840 bits per heavy atom. The molecule has 0 saturated carbocycles. The molecule has 0 spiro atoms. The van der Waals surface area contributed by atoms with Crippen LogP contribution in [-0.2, 0) is 14.3 Å². The lowest BCUT2D eigenvalue weighted by Crippen LogP contribution is -2.55. The Bertz CT molecular complexity index is 1600. The third-order valence-corrected chi connectivity index (χ3v) is 8.26. The van der Waals surface area contributed by atoms with E-state index in [9.17, 15) is 32.3 Å². The monoisotopic (exact) mass is 700 g/mol. The number of amides is 5. The van der Waals surface area contributed by atoms with Crippen molar-refractivity contribution in [2.45, 2.75) is 77.1 Å². The van der Waals surface area contributed by atoms with Gasteiger partial charge in [0.1, 0.15) is 22.9 Å². The minimum Gasteiger partial charge on any atom is -0.449 e. The molecule has 16 heteroatoms. The van der Waals surface area contributed by atoms with Crippen LogP contribution >= 0.6 is 0 Å². The molecule has 2 unspecified atom stereocenters. The molecule has 50 heavy (non-hydrogen) atoms. The maximum absolute atomic E-state index is 14.6. The van der Waals surface area contributed by atoms with Gasteiger partial charge in [0.2, 0.25) is 0 Å². The van der Waals surface area contributed by atoms with Crippen LogP contribution < -0.4 is 25.6 Å². The highest BCUT2D eigenvalue weighted by molar-refractivity contribution is 6.24. The van der Waals surface area contributed by atoms with Gasteiger partial charge < -0.3 is 19.5 Å². The normalized spacial score (nSPS) is 17.1. The standard InChI is InChI=1S/C34H39F3N6O7/c1-5-7-17-48-31(46)40-27-19-23(13-15-38-27)21(3)33(22(4)24-14-16-39-28(20-24)41-32(47)49-18-8-6-2)29(44)43(30(45)42-33)25-9-11-26(12-10-25)50-34(35,36)37/h9-16,19-22H,5-8,17-18H2,1-4H3,(H,42,45)(H,38,40,46)(H,39,41,47). The van der Waals surface area contributed by atoms with Gasteiger partial charge in [0.05, 0.1) is 18.9 Å². The second kappa shape index (κ2) is 16.3. The Hall–Kier alpha value is -5.41. The lowest BCUT2D eigenvalue weighted by molar-refractivity contribution is -0.274. The van der Waals surface area contributed by atoms with Crippen LogP contribution in [-0.4, -0.2) is 59.2 Å². The topological polar surface area (TPSA) is 161 Å². The van der Waals surface area contributed by atoms with E-state index in [-0.39, 0.29) is 30.5 Å². The molecule has 1 saturated heterocycles. The van der Waals surface area contributed by atoms with E-state index in [1.54, 1.807) is 38.1 Å². The number of carbonyl (C=O) groups is 4. The first kappa shape index (κ1) is 37.4. The Kier molecular flexibility index (Phi) is 12.2. The van der Waals surface area contributed by atoms with Crippen molar-refractivity contribution in [2.24, 2.45) is 0 Å². The third kappa shape index (κ3) is 8.98. The van der Waals surface area contributed by atoms with E-state index in [1.165, 1.54) is 24.5 Å². The Labute approximate surface area is 286 Å². The summed E-state index contributed by atoms with van der Waals surface area (Å²) in [6.07, 6.45) is -0.458. The maximum atomic E-state index is 14.6. The number of halogens is 3. The van der Waals surface area contributed by atoms with Crippen molar-refractivity contribution in [1.82, 2.24) is 15.3 Å². The molecule has 0 aliphatic carbocycles. The van der Waals surface area contributed by atoms with Crippen molar-refractivity contribution in [2.75, 3.05) is 28.7 Å². The number of hydrogen-bond acceptors (Lipinski definition) is 9. The number of alkyl halides is 3. The number of rotatable bonds is 14.